The second kappa shape index (κ2) is 10.7. The second-order valence-corrected chi connectivity index (χ2v) is 11.4. The average Bonchev–Trinajstić information content (AvgIpc) is 2.79. The van der Waals surface area contributed by atoms with E-state index < -0.39 is 11.2 Å². The van der Waals surface area contributed by atoms with Crippen LogP contribution in [0.4, 0.5) is 0 Å². The number of rotatable bonds is 9. The third kappa shape index (κ3) is 5.38. The lowest BCUT2D eigenvalue weighted by molar-refractivity contribution is -0.298. The maximum Gasteiger partial charge on any atom is 0.338 e. The summed E-state index contributed by atoms with van der Waals surface area (Å²) in [5.74, 6) is -0.334. The zero-order valence-corrected chi connectivity index (χ0v) is 22.4. The quantitative estimate of drug-likeness (QED) is 0.310. The maximum absolute atomic E-state index is 13.5. The summed E-state index contributed by atoms with van der Waals surface area (Å²) in [5.41, 5.74) is -0.423. The highest BCUT2D eigenvalue weighted by atomic mass is 16.6. The number of carbonyl (C=O) groups is 2. The summed E-state index contributed by atoms with van der Waals surface area (Å²) in [5, 5.41) is 0. The van der Waals surface area contributed by atoms with Crippen molar-refractivity contribution < 1.29 is 28.5 Å². The van der Waals surface area contributed by atoms with Crippen LogP contribution in [0, 0.1) is 17.8 Å². The molecule has 2 aliphatic carbocycles. The van der Waals surface area contributed by atoms with Crippen LogP contribution in [-0.4, -0.2) is 47.6 Å². The maximum atomic E-state index is 13.5. The van der Waals surface area contributed by atoms with Gasteiger partial charge in [0.05, 0.1) is 12.0 Å². The minimum atomic E-state index is -1.01. The van der Waals surface area contributed by atoms with Gasteiger partial charge < -0.3 is 18.9 Å². The predicted octanol–water partition coefficient (Wildman–Crippen LogP) is 5.76. The molecule has 0 spiro atoms. The van der Waals surface area contributed by atoms with Crippen molar-refractivity contribution in [3.05, 3.63) is 12.2 Å². The Hall–Kier alpha value is -1.40. The SMILES string of the molecule is C=C(C)C1CCC(C)(OC(C)CC)C(OC(=O)C2(C)OC3C(OC(=O)C(C)CC)CCCC32)C1. The van der Waals surface area contributed by atoms with Crippen LogP contribution < -0.4 is 0 Å². The van der Waals surface area contributed by atoms with Crippen molar-refractivity contribution in [2.75, 3.05) is 0 Å². The molecule has 9 atom stereocenters. The van der Waals surface area contributed by atoms with E-state index in [1.165, 1.54) is 0 Å². The molecule has 0 bridgehead atoms. The Labute approximate surface area is 206 Å². The lowest BCUT2D eigenvalue weighted by Gasteiger charge is -2.56. The van der Waals surface area contributed by atoms with E-state index in [0.717, 1.165) is 50.5 Å². The van der Waals surface area contributed by atoms with E-state index in [9.17, 15) is 9.59 Å². The molecule has 0 aromatic heterocycles. The molecule has 1 heterocycles. The normalized spacial score (nSPS) is 39.2. The van der Waals surface area contributed by atoms with Gasteiger partial charge in [0.1, 0.15) is 23.9 Å². The number of allylic oxidation sites excluding steroid dienone is 1. The average molecular weight is 479 g/mol. The number of esters is 2. The van der Waals surface area contributed by atoms with Crippen LogP contribution in [0.3, 0.4) is 0 Å². The molecule has 6 heteroatoms. The predicted molar refractivity (Wildman–Crippen MR) is 131 cm³/mol. The topological polar surface area (TPSA) is 71.1 Å². The zero-order chi connectivity index (χ0) is 25.3. The molecule has 3 rings (SSSR count). The third-order valence-corrected chi connectivity index (χ3v) is 8.70. The molecule has 0 aromatic rings. The van der Waals surface area contributed by atoms with Crippen molar-refractivity contribution in [2.45, 2.75) is 135 Å². The summed E-state index contributed by atoms with van der Waals surface area (Å²) in [7, 11) is 0. The van der Waals surface area contributed by atoms with Gasteiger partial charge in [0.2, 0.25) is 0 Å². The van der Waals surface area contributed by atoms with Crippen LogP contribution >= 0.6 is 0 Å². The van der Waals surface area contributed by atoms with Gasteiger partial charge in [-0.15, -0.1) is 0 Å². The summed E-state index contributed by atoms with van der Waals surface area (Å²) in [6.45, 7) is 18.1. The van der Waals surface area contributed by atoms with Crippen molar-refractivity contribution in [1.82, 2.24) is 0 Å². The lowest BCUT2D eigenvalue weighted by Crippen LogP contribution is -2.69. The van der Waals surface area contributed by atoms with Gasteiger partial charge in [-0.05, 0) is 85.0 Å². The molecule has 194 valence electrons. The first-order chi connectivity index (χ1) is 15.9. The standard InChI is InChI=1S/C28H46O6/c1-9-18(5)25(29)31-22-13-11-12-21-24(22)34-28(21,8)26(30)32-23-16-20(17(3)4)14-15-27(23,7)33-19(6)10-2/h18-24H,3,9-16H2,1-2,4-8H3. The van der Waals surface area contributed by atoms with Gasteiger partial charge in [-0.1, -0.05) is 32.9 Å². The molecule has 2 saturated carbocycles. The first kappa shape index (κ1) is 27.2. The largest absolute Gasteiger partial charge is 0.459 e. The number of ether oxygens (including phenoxy) is 4. The van der Waals surface area contributed by atoms with Crippen molar-refractivity contribution in [2.24, 2.45) is 17.8 Å². The fourth-order valence-electron chi connectivity index (χ4n) is 5.72. The van der Waals surface area contributed by atoms with Crippen LogP contribution in [0.2, 0.25) is 0 Å². The van der Waals surface area contributed by atoms with E-state index in [-0.39, 0.29) is 48.2 Å². The molecule has 9 unspecified atom stereocenters. The Balaban J connectivity index is 1.70. The monoisotopic (exact) mass is 478 g/mol. The molecule has 6 nitrogen and oxygen atoms in total. The van der Waals surface area contributed by atoms with Gasteiger partial charge in [-0.3, -0.25) is 4.79 Å². The first-order valence-electron chi connectivity index (χ1n) is 13.4. The fourth-order valence-corrected chi connectivity index (χ4v) is 5.72. The zero-order valence-electron chi connectivity index (χ0n) is 22.4. The molecule has 3 fully saturated rings. The summed E-state index contributed by atoms with van der Waals surface area (Å²) < 4.78 is 24.6. The van der Waals surface area contributed by atoms with Crippen LogP contribution in [0.15, 0.2) is 12.2 Å². The van der Waals surface area contributed by atoms with Crippen molar-refractivity contribution in [3.63, 3.8) is 0 Å². The molecule has 1 aliphatic heterocycles. The highest BCUT2D eigenvalue weighted by molar-refractivity contribution is 5.81. The molecular formula is C28H46O6. The molecule has 3 aliphatic rings. The van der Waals surface area contributed by atoms with E-state index >= 15 is 0 Å². The molecule has 0 radical (unpaired) electrons. The highest BCUT2D eigenvalue weighted by Gasteiger charge is 2.63. The minimum Gasteiger partial charge on any atom is -0.459 e. The van der Waals surface area contributed by atoms with E-state index in [4.69, 9.17) is 18.9 Å². The summed E-state index contributed by atoms with van der Waals surface area (Å²) in [6, 6.07) is 0. The molecule has 0 aromatic carbocycles. The smallest absolute Gasteiger partial charge is 0.338 e. The highest BCUT2D eigenvalue weighted by Crippen LogP contribution is 2.50. The van der Waals surface area contributed by atoms with Gasteiger partial charge in [0.25, 0.3) is 0 Å². The summed E-state index contributed by atoms with van der Waals surface area (Å²) in [4.78, 5) is 25.9. The van der Waals surface area contributed by atoms with Crippen molar-refractivity contribution in [3.8, 4) is 0 Å². The first-order valence-corrected chi connectivity index (χ1v) is 13.4. The molecule has 0 N–H and O–H groups in total. The molecule has 34 heavy (non-hydrogen) atoms. The fraction of sp³-hybridized carbons (Fsp3) is 0.857. The van der Waals surface area contributed by atoms with E-state index in [0.29, 0.717) is 12.3 Å². The molecule has 0 amide bonds. The molecule has 1 saturated heterocycles. The van der Waals surface area contributed by atoms with Gasteiger partial charge in [-0.25, -0.2) is 4.79 Å². The lowest BCUT2D eigenvalue weighted by atomic mass is 9.69. The number of hydrogen-bond acceptors (Lipinski definition) is 6. The van der Waals surface area contributed by atoms with E-state index in [1.54, 1.807) is 0 Å². The van der Waals surface area contributed by atoms with Gasteiger partial charge in [0, 0.05) is 5.92 Å². The minimum absolute atomic E-state index is 0.00856. The van der Waals surface area contributed by atoms with Gasteiger partial charge in [-0.2, -0.15) is 0 Å². The van der Waals surface area contributed by atoms with Gasteiger partial charge >= 0.3 is 11.9 Å². The van der Waals surface area contributed by atoms with Crippen LogP contribution in [-0.2, 0) is 28.5 Å². The number of fused-ring (bicyclic) bond motifs is 1. The van der Waals surface area contributed by atoms with Gasteiger partial charge in [0.15, 0.2) is 5.60 Å². The molecular weight excluding hydrogens is 432 g/mol. The Morgan fingerprint density at radius 1 is 1.09 bits per heavy atom. The Bertz CT molecular complexity index is 764. The van der Waals surface area contributed by atoms with Crippen molar-refractivity contribution in [1.29, 1.82) is 0 Å². The van der Waals surface area contributed by atoms with E-state index in [2.05, 4.69) is 27.4 Å². The second-order valence-electron chi connectivity index (χ2n) is 11.4. The Morgan fingerprint density at radius 2 is 1.79 bits per heavy atom. The van der Waals surface area contributed by atoms with Crippen molar-refractivity contribution >= 4 is 11.9 Å². The Kier molecular flexibility index (Phi) is 8.55. The Morgan fingerprint density at radius 3 is 2.41 bits per heavy atom. The summed E-state index contributed by atoms with van der Waals surface area (Å²) in [6.07, 6.45) is 5.93. The third-order valence-electron chi connectivity index (χ3n) is 8.70. The summed E-state index contributed by atoms with van der Waals surface area (Å²) >= 11 is 0. The number of carbonyl (C=O) groups excluding carboxylic acids is 2. The van der Waals surface area contributed by atoms with E-state index in [1.807, 2.05) is 27.7 Å². The van der Waals surface area contributed by atoms with Crippen LogP contribution in [0.5, 0.6) is 0 Å². The van der Waals surface area contributed by atoms with Crippen LogP contribution in [0.25, 0.3) is 0 Å². The van der Waals surface area contributed by atoms with Crippen LogP contribution in [0.1, 0.15) is 99.8 Å². The number of hydrogen-bond donors (Lipinski definition) is 0.